The lowest BCUT2D eigenvalue weighted by atomic mass is 10.0. The smallest absolute Gasteiger partial charge is 0.334 e. The van der Waals surface area contributed by atoms with Crippen LogP contribution in [-0.4, -0.2) is 34.7 Å². The van der Waals surface area contributed by atoms with Gasteiger partial charge in [-0.05, 0) is 35.2 Å². The third-order valence-electron chi connectivity index (χ3n) is 5.35. The number of rotatable bonds is 7. The Balaban J connectivity index is 1.62. The third kappa shape index (κ3) is 4.44. The molecule has 0 aliphatic heterocycles. The minimum atomic E-state index is -0.674. The molecule has 0 unspecified atom stereocenters. The van der Waals surface area contributed by atoms with E-state index in [1.807, 2.05) is 24.3 Å². The van der Waals surface area contributed by atoms with Crippen LogP contribution in [0.25, 0.3) is 16.0 Å². The number of carbonyl (C=O) groups excluding carboxylic acids is 1. The van der Waals surface area contributed by atoms with Crippen molar-refractivity contribution < 1.29 is 14.3 Å². The van der Waals surface area contributed by atoms with Gasteiger partial charge in [-0.2, -0.15) is 4.98 Å². The molecular formula is C24H24N4O5S. The summed E-state index contributed by atoms with van der Waals surface area (Å²) in [5.41, 5.74) is 1.24. The highest BCUT2D eigenvalue weighted by Gasteiger charge is 2.18. The topological polar surface area (TPSA) is 115 Å². The van der Waals surface area contributed by atoms with Crippen LogP contribution in [0.4, 0.5) is 0 Å². The molecule has 0 spiro atoms. The number of methoxy groups -OCH3 is 2. The van der Waals surface area contributed by atoms with Crippen molar-refractivity contribution in [2.45, 2.75) is 26.3 Å². The molecule has 0 saturated heterocycles. The molecule has 0 fully saturated rings. The minimum absolute atomic E-state index is 0.0787. The number of fused-ring (bicyclic) bond motifs is 1. The van der Waals surface area contributed by atoms with Gasteiger partial charge in [-0.1, -0.05) is 38.1 Å². The summed E-state index contributed by atoms with van der Waals surface area (Å²) < 4.78 is 11.5. The van der Waals surface area contributed by atoms with Gasteiger partial charge in [0.1, 0.15) is 10.5 Å². The monoisotopic (exact) mass is 480 g/mol. The van der Waals surface area contributed by atoms with Crippen LogP contribution in [0.15, 0.2) is 52.1 Å². The lowest BCUT2D eigenvalue weighted by Gasteiger charge is -2.09. The maximum atomic E-state index is 13.1. The third-order valence-corrected chi connectivity index (χ3v) is 6.47. The lowest BCUT2D eigenvalue weighted by molar-refractivity contribution is 0.0955. The molecule has 4 rings (SSSR count). The number of carbonyl (C=O) groups is 1. The zero-order chi connectivity index (χ0) is 24.4. The Kier molecular flexibility index (Phi) is 6.51. The number of ether oxygens (including phenoxy) is 2. The maximum absolute atomic E-state index is 13.1. The van der Waals surface area contributed by atoms with E-state index in [0.29, 0.717) is 28.6 Å². The summed E-state index contributed by atoms with van der Waals surface area (Å²) >= 11 is 1.01. The van der Waals surface area contributed by atoms with Gasteiger partial charge < -0.3 is 19.8 Å². The molecule has 3 heterocycles. The summed E-state index contributed by atoms with van der Waals surface area (Å²) in [5, 5.41) is 2.86. The van der Waals surface area contributed by atoms with Gasteiger partial charge in [-0.3, -0.25) is 9.59 Å². The number of nitrogens with zero attached hydrogens (tertiary/aromatic N) is 2. The van der Waals surface area contributed by atoms with Crippen LogP contribution in [0, 0.1) is 0 Å². The number of hydrogen-bond donors (Lipinski definition) is 2. The van der Waals surface area contributed by atoms with Crippen LogP contribution in [0.3, 0.4) is 0 Å². The zero-order valence-electron chi connectivity index (χ0n) is 19.2. The molecule has 0 bridgehead atoms. The highest BCUT2D eigenvalue weighted by molar-refractivity contribution is 7.20. The van der Waals surface area contributed by atoms with Gasteiger partial charge in [-0.15, -0.1) is 11.3 Å². The van der Waals surface area contributed by atoms with E-state index >= 15 is 0 Å². The first-order valence-corrected chi connectivity index (χ1v) is 11.4. The van der Waals surface area contributed by atoms with E-state index in [2.05, 4.69) is 29.1 Å². The number of aromatic nitrogens is 3. The second-order valence-electron chi connectivity index (χ2n) is 7.88. The molecule has 176 valence electrons. The number of H-pyrrole nitrogens is 1. The van der Waals surface area contributed by atoms with E-state index in [1.54, 1.807) is 6.07 Å². The van der Waals surface area contributed by atoms with Crippen LogP contribution in [0.2, 0.25) is 0 Å². The van der Waals surface area contributed by atoms with Crippen LogP contribution in [-0.2, 0) is 6.54 Å². The first kappa shape index (κ1) is 23.2. The number of benzene rings is 1. The highest BCUT2D eigenvalue weighted by atomic mass is 32.1. The molecule has 4 aromatic rings. The fraction of sp³-hybridized carbons (Fsp3) is 0.250. The Morgan fingerprint density at radius 2 is 1.85 bits per heavy atom. The van der Waals surface area contributed by atoms with E-state index in [4.69, 9.17) is 9.47 Å². The molecule has 0 aliphatic carbocycles. The van der Waals surface area contributed by atoms with Gasteiger partial charge in [0.2, 0.25) is 0 Å². The second kappa shape index (κ2) is 9.52. The molecule has 9 nitrogen and oxygen atoms in total. The SMILES string of the molecule is COc1ccc(-n2c(=O)[nH]c3cc(C(=O)NCc4ccc(C(C)C)cc4)sc3c2=O)nc1OC. The van der Waals surface area contributed by atoms with E-state index in [-0.39, 0.29) is 22.3 Å². The number of pyridine rings is 1. The van der Waals surface area contributed by atoms with Crippen molar-refractivity contribution in [1.82, 2.24) is 19.9 Å². The molecule has 1 amide bonds. The number of hydrogen-bond acceptors (Lipinski definition) is 7. The van der Waals surface area contributed by atoms with Crippen molar-refractivity contribution in [3.63, 3.8) is 0 Å². The highest BCUT2D eigenvalue weighted by Crippen LogP contribution is 2.25. The van der Waals surface area contributed by atoms with Gasteiger partial charge in [-0.25, -0.2) is 9.36 Å². The van der Waals surface area contributed by atoms with E-state index in [0.717, 1.165) is 21.5 Å². The molecule has 0 aliphatic rings. The van der Waals surface area contributed by atoms with Crippen molar-refractivity contribution in [1.29, 1.82) is 0 Å². The van der Waals surface area contributed by atoms with Gasteiger partial charge in [0, 0.05) is 6.54 Å². The Hall–Kier alpha value is -3.92. The largest absolute Gasteiger partial charge is 0.491 e. The first-order valence-electron chi connectivity index (χ1n) is 10.6. The van der Waals surface area contributed by atoms with Crippen molar-refractivity contribution >= 4 is 27.5 Å². The standard InChI is InChI=1S/C24H24N4O5S/c1-13(2)15-7-5-14(6-8-15)12-25-21(29)18-11-16-20(34-18)23(30)28(24(31)26-16)19-10-9-17(32-3)22(27-19)33-4/h5-11,13H,12H2,1-4H3,(H,25,29)(H,26,31). The Bertz CT molecular complexity index is 1470. The molecule has 34 heavy (non-hydrogen) atoms. The Morgan fingerprint density at radius 3 is 2.50 bits per heavy atom. The summed E-state index contributed by atoms with van der Waals surface area (Å²) in [5.74, 6) is 0.688. The number of thiophene rings is 1. The molecule has 10 heteroatoms. The normalized spacial score (nSPS) is 11.1. The Labute approximate surface area is 199 Å². The second-order valence-corrected chi connectivity index (χ2v) is 8.94. The van der Waals surface area contributed by atoms with Crippen molar-refractivity contribution in [3.8, 4) is 17.4 Å². The first-order chi connectivity index (χ1) is 16.3. The molecule has 3 aromatic heterocycles. The van der Waals surface area contributed by atoms with Gasteiger partial charge in [0.15, 0.2) is 5.75 Å². The van der Waals surface area contributed by atoms with E-state index < -0.39 is 11.2 Å². The quantitative estimate of drug-likeness (QED) is 0.420. The van der Waals surface area contributed by atoms with E-state index in [1.165, 1.54) is 31.9 Å². The zero-order valence-corrected chi connectivity index (χ0v) is 20.0. The summed E-state index contributed by atoms with van der Waals surface area (Å²) in [4.78, 5) is 45.7. The molecule has 0 saturated carbocycles. The van der Waals surface area contributed by atoms with Gasteiger partial charge >= 0.3 is 5.69 Å². The molecule has 0 radical (unpaired) electrons. The maximum Gasteiger partial charge on any atom is 0.334 e. The molecular weight excluding hydrogens is 456 g/mol. The average Bonchev–Trinajstić information content (AvgIpc) is 3.27. The average molecular weight is 481 g/mol. The molecule has 2 N–H and O–H groups in total. The van der Waals surface area contributed by atoms with Gasteiger partial charge in [0.05, 0.1) is 24.6 Å². The fourth-order valence-corrected chi connectivity index (χ4v) is 4.42. The summed E-state index contributed by atoms with van der Waals surface area (Å²) in [6, 6.07) is 12.6. The number of amides is 1. The molecule has 0 atom stereocenters. The molecule has 1 aromatic carbocycles. The predicted molar refractivity (Wildman–Crippen MR) is 131 cm³/mol. The summed E-state index contributed by atoms with van der Waals surface area (Å²) in [6.45, 7) is 4.59. The minimum Gasteiger partial charge on any atom is -0.491 e. The number of nitrogens with one attached hydrogen (secondary N) is 2. The van der Waals surface area contributed by atoms with E-state index in [9.17, 15) is 14.4 Å². The number of aromatic amines is 1. The van der Waals surface area contributed by atoms with Crippen molar-refractivity contribution in [2.75, 3.05) is 14.2 Å². The van der Waals surface area contributed by atoms with Crippen LogP contribution >= 0.6 is 11.3 Å². The van der Waals surface area contributed by atoms with Crippen LogP contribution in [0.1, 0.15) is 40.6 Å². The van der Waals surface area contributed by atoms with Crippen molar-refractivity contribution in [2.24, 2.45) is 0 Å². The fourth-order valence-electron chi connectivity index (χ4n) is 3.46. The lowest BCUT2D eigenvalue weighted by Crippen LogP contribution is -2.33. The Morgan fingerprint density at radius 1 is 1.12 bits per heavy atom. The van der Waals surface area contributed by atoms with Gasteiger partial charge in [0.25, 0.3) is 17.3 Å². The van der Waals surface area contributed by atoms with Crippen molar-refractivity contribution in [3.05, 3.63) is 79.3 Å². The predicted octanol–water partition coefficient (Wildman–Crippen LogP) is 3.21. The summed E-state index contributed by atoms with van der Waals surface area (Å²) in [6.07, 6.45) is 0. The summed E-state index contributed by atoms with van der Waals surface area (Å²) in [7, 11) is 2.87. The van der Waals surface area contributed by atoms with Crippen LogP contribution in [0.5, 0.6) is 11.6 Å². The van der Waals surface area contributed by atoms with Crippen LogP contribution < -0.4 is 26.0 Å².